The molecule has 3 fully saturated rings. The molecule has 3 saturated heterocycles. The minimum Gasteiger partial charge on any atom is -0.444 e. The van der Waals surface area contributed by atoms with E-state index in [2.05, 4.69) is 9.88 Å². The van der Waals surface area contributed by atoms with Gasteiger partial charge in [-0.25, -0.2) is 14.5 Å². The molecule has 2 aromatic rings. The first-order chi connectivity index (χ1) is 15.7. The van der Waals surface area contributed by atoms with E-state index < -0.39 is 11.2 Å². The quantitative estimate of drug-likeness (QED) is 0.604. The van der Waals surface area contributed by atoms with E-state index in [0.717, 1.165) is 49.0 Å². The van der Waals surface area contributed by atoms with E-state index >= 15 is 0 Å². The predicted octanol–water partition coefficient (Wildman–Crippen LogP) is 4.00. The van der Waals surface area contributed by atoms with Crippen molar-refractivity contribution in [2.24, 2.45) is 0 Å². The van der Waals surface area contributed by atoms with Crippen LogP contribution in [-0.4, -0.2) is 76.4 Å². The summed E-state index contributed by atoms with van der Waals surface area (Å²) in [5.41, 5.74) is -0.0285. The average molecular weight is 478 g/mol. The molecule has 1 spiro atoms. The molecule has 3 aliphatic heterocycles. The van der Waals surface area contributed by atoms with Crippen molar-refractivity contribution < 1.29 is 19.0 Å². The van der Waals surface area contributed by atoms with E-state index in [1.807, 2.05) is 31.5 Å². The summed E-state index contributed by atoms with van der Waals surface area (Å²) in [4.78, 5) is 20.9. The van der Waals surface area contributed by atoms with E-state index in [9.17, 15) is 4.79 Å². The van der Waals surface area contributed by atoms with E-state index in [-0.39, 0.29) is 12.3 Å². The molecule has 180 valence electrons. The Balaban J connectivity index is 1.40. The molecular formula is C23H32ClN5O4. The third-order valence-electron chi connectivity index (χ3n) is 6.48. The fourth-order valence-electron chi connectivity index (χ4n) is 4.96. The molecule has 0 bridgehead atoms. The fourth-order valence-corrected chi connectivity index (χ4v) is 5.11. The monoisotopic (exact) mass is 477 g/mol. The Labute approximate surface area is 198 Å². The summed E-state index contributed by atoms with van der Waals surface area (Å²) >= 11 is 6.24. The van der Waals surface area contributed by atoms with Crippen LogP contribution in [0.25, 0.3) is 10.9 Å². The zero-order valence-corrected chi connectivity index (χ0v) is 20.3. The summed E-state index contributed by atoms with van der Waals surface area (Å²) in [5, 5.41) is 6.38. The number of likely N-dealkylation sites (tertiary alicyclic amines) is 1. The number of hydrogen-bond acceptors (Lipinski definition) is 7. The molecule has 0 aromatic carbocycles. The van der Waals surface area contributed by atoms with Crippen LogP contribution in [-0.2, 0) is 14.2 Å². The second-order valence-corrected chi connectivity index (χ2v) is 10.6. The first-order valence-electron chi connectivity index (χ1n) is 11.8. The zero-order valence-electron chi connectivity index (χ0n) is 19.6. The molecule has 0 saturated carbocycles. The van der Waals surface area contributed by atoms with Gasteiger partial charge in [-0.3, -0.25) is 0 Å². The molecule has 0 radical (unpaired) electrons. The van der Waals surface area contributed by atoms with Gasteiger partial charge in [0.2, 0.25) is 0 Å². The van der Waals surface area contributed by atoms with Gasteiger partial charge in [-0.1, -0.05) is 11.6 Å². The largest absolute Gasteiger partial charge is 0.444 e. The minimum absolute atomic E-state index is 0.0994. The van der Waals surface area contributed by atoms with Crippen LogP contribution in [0.5, 0.6) is 0 Å². The molecule has 2 atom stereocenters. The second-order valence-electron chi connectivity index (χ2n) is 10.2. The van der Waals surface area contributed by atoms with Gasteiger partial charge in [-0.2, -0.15) is 5.10 Å². The van der Waals surface area contributed by atoms with Crippen LogP contribution in [0.15, 0.2) is 12.3 Å². The van der Waals surface area contributed by atoms with Gasteiger partial charge in [0, 0.05) is 32.0 Å². The molecule has 2 aromatic heterocycles. The topological polar surface area (TPSA) is 82.0 Å². The fraction of sp³-hybridized carbons (Fsp3) is 0.696. The highest BCUT2D eigenvalue weighted by molar-refractivity contribution is 6.30. The molecule has 3 aliphatic rings. The van der Waals surface area contributed by atoms with Crippen molar-refractivity contribution >= 4 is 34.4 Å². The van der Waals surface area contributed by atoms with E-state index in [1.165, 1.54) is 0 Å². The molecule has 5 heterocycles. The van der Waals surface area contributed by atoms with Gasteiger partial charge >= 0.3 is 6.09 Å². The molecule has 33 heavy (non-hydrogen) atoms. The average Bonchev–Trinajstić information content (AvgIpc) is 3.35. The molecule has 10 heteroatoms. The minimum atomic E-state index is -0.520. The summed E-state index contributed by atoms with van der Waals surface area (Å²) in [5.74, 6) is 0.863. The maximum atomic E-state index is 12.6. The lowest BCUT2D eigenvalue weighted by atomic mass is 10.0. The van der Waals surface area contributed by atoms with Gasteiger partial charge in [0.1, 0.15) is 16.4 Å². The highest BCUT2D eigenvalue weighted by atomic mass is 35.5. The highest BCUT2D eigenvalue weighted by Gasteiger charge is 2.46. The van der Waals surface area contributed by atoms with E-state index in [0.29, 0.717) is 37.9 Å². The maximum absolute atomic E-state index is 12.6. The second kappa shape index (κ2) is 8.60. The molecular weight excluding hydrogens is 446 g/mol. The lowest BCUT2D eigenvalue weighted by Gasteiger charge is -2.40. The van der Waals surface area contributed by atoms with Gasteiger partial charge in [0.25, 0.3) is 0 Å². The number of halogens is 1. The Bertz CT molecular complexity index is 1030. The Hall–Kier alpha value is -2.10. The first kappa shape index (κ1) is 22.7. The van der Waals surface area contributed by atoms with Crippen LogP contribution in [0.1, 0.15) is 52.7 Å². The van der Waals surface area contributed by atoms with Crippen LogP contribution in [0, 0.1) is 0 Å². The normalized spacial score (nSPS) is 26.4. The molecule has 0 N–H and O–H groups in total. The Kier molecular flexibility index (Phi) is 5.91. The lowest BCUT2D eigenvalue weighted by molar-refractivity contribution is -0.0495. The van der Waals surface area contributed by atoms with Crippen molar-refractivity contribution in [2.45, 2.75) is 63.9 Å². The van der Waals surface area contributed by atoms with Crippen molar-refractivity contribution in [3.8, 4) is 0 Å². The molecule has 0 aliphatic carbocycles. The molecule has 1 amide bonds. The van der Waals surface area contributed by atoms with Crippen LogP contribution in [0.2, 0.25) is 5.15 Å². The van der Waals surface area contributed by atoms with Crippen LogP contribution >= 0.6 is 11.6 Å². The number of aromatic nitrogens is 3. The Morgan fingerprint density at radius 3 is 2.85 bits per heavy atom. The number of rotatable bonds is 2. The number of carbonyl (C=O) groups is 1. The number of morpholine rings is 1. The van der Waals surface area contributed by atoms with Gasteiger partial charge in [0.15, 0.2) is 12.0 Å². The number of nitrogens with zero attached hydrogens (tertiary/aromatic N) is 5. The maximum Gasteiger partial charge on any atom is 0.410 e. The Morgan fingerprint density at radius 2 is 2.09 bits per heavy atom. The highest BCUT2D eigenvalue weighted by Crippen LogP contribution is 2.36. The van der Waals surface area contributed by atoms with Gasteiger partial charge < -0.3 is 24.0 Å². The number of fused-ring (bicyclic) bond motifs is 1. The summed E-state index contributed by atoms with van der Waals surface area (Å²) in [6.07, 6.45) is 5.28. The number of pyridine rings is 1. The smallest absolute Gasteiger partial charge is 0.410 e. The zero-order chi connectivity index (χ0) is 23.2. The molecule has 5 rings (SSSR count). The number of anilines is 1. The van der Waals surface area contributed by atoms with Crippen molar-refractivity contribution in [1.82, 2.24) is 19.7 Å². The van der Waals surface area contributed by atoms with E-state index in [1.54, 1.807) is 11.1 Å². The van der Waals surface area contributed by atoms with Crippen molar-refractivity contribution in [1.29, 1.82) is 0 Å². The van der Waals surface area contributed by atoms with Crippen LogP contribution < -0.4 is 4.90 Å². The first-order valence-corrected chi connectivity index (χ1v) is 12.1. The number of carbonyl (C=O) groups excluding carboxylic acids is 1. The van der Waals surface area contributed by atoms with Crippen molar-refractivity contribution in [2.75, 3.05) is 44.3 Å². The number of amides is 1. The summed E-state index contributed by atoms with van der Waals surface area (Å²) in [6, 6.07) is 1.86. The Morgan fingerprint density at radius 1 is 1.24 bits per heavy atom. The summed E-state index contributed by atoms with van der Waals surface area (Å²) in [6.45, 7) is 9.44. The molecule has 9 nitrogen and oxygen atoms in total. The number of hydrogen-bond donors (Lipinski definition) is 0. The van der Waals surface area contributed by atoms with Crippen LogP contribution in [0.3, 0.4) is 0 Å². The molecule has 2 unspecified atom stereocenters. The van der Waals surface area contributed by atoms with Crippen LogP contribution in [0.4, 0.5) is 10.6 Å². The van der Waals surface area contributed by atoms with Gasteiger partial charge in [-0.15, -0.1) is 0 Å². The third-order valence-corrected chi connectivity index (χ3v) is 6.69. The SMILES string of the molecule is CC(C)(C)OC(=O)N1CCC2(C1)CN(c1nn(C3CCCCO3)c3cc(Cl)ncc13)CCO2. The predicted molar refractivity (Wildman–Crippen MR) is 125 cm³/mol. The number of ether oxygens (including phenoxy) is 3. The van der Waals surface area contributed by atoms with E-state index in [4.69, 9.17) is 30.9 Å². The van der Waals surface area contributed by atoms with Crippen molar-refractivity contribution in [3.05, 3.63) is 17.4 Å². The van der Waals surface area contributed by atoms with Gasteiger partial charge in [-0.05, 0) is 46.5 Å². The standard InChI is InChI=1S/C23H32ClN5O4/c1-22(2,3)33-21(30)28-8-7-23(15-28)14-27(9-11-32-23)20-16-13-25-18(24)12-17(16)29(26-20)19-6-4-5-10-31-19/h12-13,19H,4-11,14-15H2,1-3H3. The van der Waals surface area contributed by atoms with Crippen molar-refractivity contribution in [3.63, 3.8) is 0 Å². The third kappa shape index (κ3) is 4.63. The summed E-state index contributed by atoms with van der Waals surface area (Å²) < 4.78 is 19.8. The summed E-state index contributed by atoms with van der Waals surface area (Å²) in [7, 11) is 0. The lowest BCUT2D eigenvalue weighted by Crippen LogP contribution is -2.54. The van der Waals surface area contributed by atoms with Gasteiger partial charge in [0.05, 0.1) is 30.6 Å².